The number of thiazole rings is 1. The van der Waals surface area contributed by atoms with Crippen LogP contribution in [-0.2, 0) is 11.3 Å². The van der Waals surface area contributed by atoms with Crippen LogP contribution in [0, 0.1) is 0 Å². The monoisotopic (exact) mass is 451 g/mol. The van der Waals surface area contributed by atoms with Gasteiger partial charge >= 0.3 is 6.09 Å². The van der Waals surface area contributed by atoms with Gasteiger partial charge < -0.3 is 20.3 Å². The Labute approximate surface area is 190 Å². The van der Waals surface area contributed by atoms with E-state index in [1.165, 1.54) is 11.3 Å². The molecule has 1 aliphatic heterocycles. The number of benzene rings is 1. The lowest BCUT2D eigenvalue weighted by molar-refractivity contribution is 0.0853. The summed E-state index contributed by atoms with van der Waals surface area (Å²) in [6.07, 6.45) is 1.35. The van der Waals surface area contributed by atoms with Crippen LogP contribution in [0.25, 0.3) is 11.3 Å². The molecule has 1 saturated heterocycles. The molecule has 2 aromatic heterocycles. The van der Waals surface area contributed by atoms with Gasteiger partial charge in [0, 0.05) is 42.7 Å². The van der Waals surface area contributed by atoms with Crippen molar-refractivity contribution in [2.45, 2.75) is 25.5 Å². The van der Waals surface area contributed by atoms with Gasteiger partial charge in [0.1, 0.15) is 12.4 Å². The van der Waals surface area contributed by atoms with E-state index in [0.29, 0.717) is 5.56 Å². The summed E-state index contributed by atoms with van der Waals surface area (Å²) in [5.74, 6) is 0.451. The zero-order valence-electron chi connectivity index (χ0n) is 17.8. The third-order valence-electron chi connectivity index (χ3n) is 5.65. The van der Waals surface area contributed by atoms with Crippen molar-refractivity contribution < 1.29 is 14.3 Å². The Morgan fingerprint density at radius 1 is 1.19 bits per heavy atom. The lowest BCUT2D eigenvalue weighted by Crippen LogP contribution is -2.46. The normalized spacial score (nSPS) is 14.2. The average Bonchev–Trinajstić information content (AvgIpc) is 3.36. The number of aromatic nitrogens is 2. The predicted molar refractivity (Wildman–Crippen MR) is 123 cm³/mol. The average molecular weight is 452 g/mol. The second kappa shape index (κ2) is 9.78. The summed E-state index contributed by atoms with van der Waals surface area (Å²) < 4.78 is 5.38. The van der Waals surface area contributed by atoms with E-state index in [9.17, 15) is 9.59 Å². The standard InChI is InChI=1S/C23H25N5O3S/c1-27(23(30)31-13-18-14-32-15-25-18)19-9-11-28(12-10-19)21-4-2-3-20(26-21)16-5-7-17(8-6-16)22(24)29/h2-8,14-15,19H,9-13H2,1H3,(H2,24,29). The second-order valence-corrected chi connectivity index (χ2v) is 8.40. The van der Waals surface area contributed by atoms with E-state index < -0.39 is 5.91 Å². The van der Waals surface area contributed by atoms with Crippen molar-refractivity contribution in [3.8, 4) is 11.3 Å². The molecule has 1 aromatic carbocycles. The maximum Gasteiger partial charge on any atom is 0.410 e. The maximum atomic E-state index is 12.4. The summed E-state index contributed by atoms with van der Waals surface area (Å²) in [4.78, 5) is 36.5. The topological polar surface area (TPSA) is 102 Å². The summed E-state index contributed by atoms with van der Waals surface area (Å²) in [5, 5.41) is 1.87. The number of ether oxygens (including phenoxy) is 1. The minimum atomic E-state index is -0.446. The number of rotatable bonds is 6. The van der Waals surface area contributed by atoms with Gasteiger partial charge in [-0.15, -0.1) is 11.3 Å². The molecule has 0 unspecified atom stereocenters. The minimum Gasteiger partial charge on any atom is -0.443 e. The lowest BCUT2D eigenvalue weighted by atomic mass is 10.0. The molecule has 0 bridgehead atoms. The molecular weight excluding hydrogens is 426 g/mol. The maximum absolute atomic E-state index is 12.4. The van der Waals surface area contributed by atoms with Crippen molar-refractivity contribution >= 4 is 29.2 Å². The molecular formula is C23H25N5O3S. The highest BCUT2D eigenvalue weighted by Gasteiger charge is 2.27. The van der Waals surface area contributed by atoms with Gasteiger partial charge in [-0.2, -0.15) is 0 Å². The number of carbonyl (C=O) groups excluding carboxylic acids is 2. The van der Waals surface area contributed by atoms with Crippen molar-refractivity contribution in [3.05, 3.63) is 64.6 Å². The number of piperidine rings is 1. The first kappa shape index (κ1) is 21.8. The number of hydrogen-bond acceptors (Lipinski definition) is 7. The summed E-state index contributed by atoms with van der Waals surface area (Å²) in [6, 6.07) is 13.2. The van der Waals surface area contributed by atoms with Crippen LogP contribution < -0.4 is 10.6 Å². The summed E-state index contributed by atoms with van der Waals surface area (Å²) in [5.41, 5.74) is 10.0. The van der Waals surface area contributed by atoms with Gasteiger partial charge in [-0.3, -0.25) is 4.79 Å². The molecule has 4 rings (SSSR count). The minimum absolute atomic E-state index is 0.124. The van der Waals surface area contributed by atoms with Crippen molar-refractivity contribution in [1.82, 2.24) is 14.9 Å². The van der Waals surface area contributed by atoms with E-state index >= 15 is 0 Å². The molecule has 2 N–H and O–H groups in total. The molecule has 0 spiro atoms. The van der Waals surface area contributed by atoms with Gasteiger partial charge in [-0.1, -0.05) is 18.2 Å². The van der Waals surface area contributed by atoms with Gasteiger partial charge in [-0.05, 0) is 37.1 Å². The molecule has 0 radical (unpaired) electrons. The van der Waals surface area contributed by atoms with Crippen molar-refractivity contribution in [2.24, 2.45) is 5.73 Å². The molecule has 32 heavy (non-hydrogen) atoms. The van der Waals surface area contributed by atoms with E-state index in [1.54, 1.807) is 29.6 Å². The van der Waals surface area contributed by atoms with Crippen LogP contribution in [0.15, 0.2) is 53.4 Å². The van der Waals surface area contributed by atoms with Gasteiger partial charge in [-0.25, -0.2) is 14.8 Å². The molecule has 9 heteroatoms. The lowest BCUT2D eigenvalue weighted by Gasteiger charge is -2.36. The van der Waals surface area contributed by atoms with Crippen molar-refractivity contribution in [3.63, 3.8) is 0 Å². The van der Waals surface area contributed by atoms with Crippen LogP contribution in [-0.4, -0.2) is 53.0 Å². The number of amides is 2. The fraction of sp³-hybridized carbons (Fsp3) is 0.304. The molecule has 0 saturated carbocycles. The number of carbonyl (C=O) groups is 2. The Morgan fingerprint density at radius 3 is 2.59 bits per heavy atom. The number of hydrogen-bond donors (Lipinski definition) is 1. The van der Waals surface area contributed by atoms with Gasteiger partial charge in [0.15, 0.2) is 0 Å². The number of primary amides is 1. The first-order chi connectivity index (χ1) is 15.5. The molecule has 3 heterocycles. The highest BCUT2D eigenvalue weighted by molar-refractivity contribution is 7.07. The summed E-state index contributed by atoms with van der Waals surface area (Å²) >= 11 is 1.48. The predicted octanol–water partition coefficient (Wildman–Crippen LogP) is 3.54. The zero-order chi connectivity index (χ0) is 22.5. The highest BCUT2D eigenvalue weighted by atomic mass is 32.1. The van der Waals surface area contributed by atoms with E-state index in [1.807, 2.05) is 35.7 Å². The third-order valence-corrected chi connectivity index (χ3v) is 6.29. The van der Waals surface area contributed by atoms with E-state index in [2.05, 4.69) is 9.88 Å². The third kappa shape index (κ3) is 5.05. The molecule has 8 nitrogen and oxygen atoms in total. The number of anilines is 1. The van der Waals surface area contributed by atoms with E-state index in [4.69, 9.17) is 15.5 Å². The first-order valence-corrected chi connectivity index (χ1v) is 11.3. The summed E-state index contributed by atoms with van der Waals surface area (Å²) in [6.45, 7) is 1.79. The highest BCUT2D eigenvalue weighted by Crippen LogP contribution is 2.25. The van der Waals surface area contributed by atoms with E-state index in [-0.39, 0.29) is 18.7 Å². The van der Waals surface area contributed by atoms with Crippen molar-refractivity contribution in [1.29, 1.82) is 0 Å². The van der Waals surface area contributed by atoms with Crippen LogP contribution in [0.2, 0.25) is 0 Å². The molecule has 0 atom stereocenters. The Hall–Kier alpha value is -3.46. The van der Waals surface area contributed by atoms with Crippen LogP contribution in [0.1, 0.15) is 28.9 Å². The smallest absolute Gasteiger partial charge is 0.410 e. The molecule has 1 aliphatic rings. The van der Waals surface area contributed by atoms with Crippen LogP contribution >= 0.6 is 11.3 Å². The van der Waals surface area contributed by atoms with Crippen LogP contribution in [0.5, 0.6) is 0 Å². The summed E-state index contributed by atoms with van der Waals surface area (Å²) in [7, 11) is 1.79. The largest absolute Gasteiger partial charge is 0.443 e. The van der Waals surface area contributed by atoms with Gasteiger partial charge in [0.25, 0.3) is 0 Å². The number of nitrogens with two attached hydrogens (primary N) is 1. The first-order valence-electron chi connectivity index (χ1n) is 10.4. The Bertz CT molecular complexity index is 1060. The Kier molecular flexibility index (Phi) is 6.65. The molecule has 1 fully saturated rings. The fourth-order valence-electron chi connectivity index (χ4n) is 3.74. The second-order valence-electron chi connectivity index (χ2n) is 7.69. The fourth-order valence-corrected chi connectivity index (χ4v) is 4.29. The van der Waals surface area contributed by atoms with E-state index in [0.717, 1.165) is 48.7 Å². The Balaban J connectivity index is 1.34. The number of nitrogens with zero attached hydrogens (tertiary/aromatic N) is 4. The SMILES string of the molecule is CN(C(=O)OCc1cscn1)C1CCN(c2cccc(-c3ccc(C(N)=O)cc3)n2)CC1. The molecule has 166 valence electrons. The van der Waals surface area contributed by atoms with Crippen LogP contribution in [0.3, 0.4) is 0 Å². The number of pyridine rings is 1. The zero-order valence-corrected chi connectivity index (χ0v) is 18.6. The van der Waals surface area contributed by atoms with Crippen LogP contribution in [0.4, 0.5) is 10.6 Å². The van der Waals surface area contributed by atoms with Gasteiger partial charge in [0.2, 0.25) is 5.91 Å². The quantitative estimate of drug-likeness (QED) is 0.615. The van der Waals surface area contributed by atoms with Gasteiger partial charge in [0.05, 0.1) is 16.9 Å². The molecule has 3 aromatic rings. The molecule has 2 amide bonds. The Morgan fingerprint density at radius 2 is 1.94 bits per heavy atom. The van der Waals surface area contributed by atoms with Crippen molar-refractivity contribution in [2.75, 3.05) is 25.0 Å². The molecule has 0 aliphatic carbocycles.